The van der Waals surface area contributed by atoms with Crippen LogP contribution in [0, 0.1) is 0 Å². The standard InChI is InChI=1S/C26H31NO5/c28-15-16-31-26-14-12-24(32-26)18-27-22(9-13-25(27)30)8-11-23(29)10-6-19-5-7-20-3-1-2-4-21(20)17-19/h1-5,7,12,14,17,22-23,28-29H,6,8-11,13,15-16,18H2/t22-,23?/m0/s1. The molecule has 6 nitrogen and oxygen atoms in total. The van der Waals surface area contributed by atoms with Gasteiger partial charge < -0.3 is 24.3 Å². The molecule has 1 fully saturated rings. The van der Waals surface area contributed by atoms with E-state index < -0.39 is 0 Å². The predicted molar refractivity (Wildman–Crippen MR) is 122 cm³/mol. The van der Waals surface area contributed by atoms with Crippen molar-refractivity contribution in [3.05, 3.63) is 65.9 Å². The van der Waals surface area contributed by atoms with Crippen LogP contribution >= 0.6 is 0 Å². The average molecular weight is 438 g/mol. The van der Waals surface area contributed by atoms with E-state index in [0.717, 1.165) is 19.3 Å². The van der Waals surface area contributed by atoms with E-state index in [4.69, 9.17) is 14.3 Å². The molecule has 2 heterocycles. The molecule has 3 aromatic rings. The second kappa shape index (κ2) is 10.7. The number of rotatable bonds is 11. The fourth-order valence-corrected chi connectivity index (χ4v) is 4.40. The Hall–Kier alpha value is -2.83. The molecular weight excluding hydrogens is 406 g/mol. The lowest BCUT2D eigenvalue weighted by molar-refractivity contribution is -0.130. The van der Waals surface area contributed by atoms with E-state index >= 15 is 0 Å². The molecule has 0 spiro atoms. The predicted octanol–water partition coefficient (Wildman–Crippen LogP) is 4.07. The molecule has 1 aromatic heterocycles. The molecule has 1 aliphatic rings. The molecule has 1 aliphatic heterocycles. The van der Waals surface area contributed by atoms with Gasteiger partial charge in [0.05, 0.1) is 19.3 Å². The second-order valence-corrected chi connectivity index (χ2v) is 8.46. The summed E-state index contributed by atoms with van der Waals surface area (Å²) in [6.07, 6.45) is 3.95. The number of carbonyl (C=O) groups excluding carboxylic acids is 1. The van der Waals surface area contributed by atoms with Crippen molar-refractivity contribution in [2.45, 2.75) is 57.2 Å². The first-order valence-electron chi connectivity index (χ1n) is 11.4. The van der Waals surface area contributed by atoms with Gasteiger partial charge in [0.1, 0.15) is 12.4 Å². The molecule has 1 saturated heterocycles. The number of fused-ring (bicyclic) bond motifs is 1. The summed E-state index contributed by atoms with van der Waals surface area (Å²) < 4.78 is 10.9. The number of aliphatic hydroxyl groups is 2. The summed E-state index contributed by atoms with van der Waals surface area (Å²) in [6, 6.07) is 18.4. The van der Waals surface area contributed by atoms with Gasteiger partial charge in [0.25, 0.3) is 5.95 Å². The van der Waals surface area contributed by atoms with Crippen molar-refractivity contribution < 1.29 is 24.2 Å². The van der Waals surface area contributed by atoms with Gasteiger partial charge in [-0.1, -0.05) is 42.5 Å². The third kappa shape index (κ3) is 5.69. The van der Waals surface area contributed by atoms with Gasteiger partial charge in [-0.2, -0.15) is 0 Å². The zero-order valence-corrected chi connectivity index (χ0v) is 18.3. The van der Waals surface area contributed by atoms with Crippen molar-refractivity contribution in [2.24, 2.45) is 0 Å². The zero-order valence-electron chi connectivity index (χ0n) is 18.3. The van der Waals surface area contributed by atoms with E-state index in [1.54, 1.807) is 12.1 Å². The van der Waals surface area contributed by atoms with Gasteiger partial charge in [0.2, 0.25) is 5.91 Å². The number of aryl methyl sites for hydroxylation is 1. The normalized spacial score (nSPS) is 17.2. The minimum Gasteiger partial charge on any atom is -0.463 e. The Labute approximate surface area is 188 Å². The van der Waals surface area contributed by atoms with Gasteiger partial charge in [0, 0.05) is 18.5 Å². The molecule has 4 rings (SSSR count). The number of amides is 1. The largest absolute Gasteiger partial charge is 0.463 e. The highest BCUT2D eigenvalue weighted by Crippen LogP contribution is 2.27. The first-order valence-corrected chi connectivity index (χ1v) is 11.4. The zero-order chi connectivity index (χ0) is 22.3. The van der Waals surface area contributed by atoms with Gasteiger partial charge in [-0.05, 0) is 54.5 Å². The number of furan rings is 1. The highest BCUT2D eigenvalue weighted by molar-refractivity contribution is 5.83. The number of hydrogen-bond donors (Lipinski definition) is 2. The Bertz CT molecular complexity index is 1030. The van der Waals surface area contributed by atoms with Crippen LogP contribution in [0.3, 0.4) is 0 Å². The number of aliphatic hydroxyl groups excluding tert-OH is 2. The van der Waals surface area contributed by atoms with Gasteiger partial charge in [-0.15, -0.1) is 0 Å². The first-order chi connectivity index (χ1) is 15.6. The minimum absolute atomic E-state index is 0.0775. The highest BCUT2D eigenvalue weighted by Gasteiger charge is 2.31. The van der Waals surface area contributed by atoms with Crippen LogP contribution in [0.4, 0.5) is 0 Å². The smallest absolute Gasteiger partial charge is 0.284 e. The van der Waals surface area contributed by atoms with Crippen LogP contribution in [0.2, 0.25) is 0 Å². The highest BCUT2D eigenvalue weighted by atomic mass is 16.6. The summed E-state index contributed by atoms with van der Waals surface area (Å²) in [5, 5.41) is 21.8. The Balaban J connectivity index is 1.26. The Morgan fingerprint density at radius 1 is 1.09 bits per heavy atom. The number of ether oxygens (including phenoxy) is 1. The monoisotopic (exact) mass is 437 g/mol. The lowest BCUT2D eigenvalue weighted by Crippen LogP contribution is -2.33. The summed E-state index contributed by atoms with van der Waals surface area (Å²) in [5.74, 6) is 1.13. The van der Waals surface area contributed by atoms with E-state index in [9.17, 15) is 9.90 Å². The van der Waals surface area contributed by atoms with Crippen molar-refractivity contribution in [1.29, 1.82) is 0 Å². The molecule has 1 unspecified atom stereocenters. The van der Waals surface area contributed by atoms with Crippen molar-refractivity contribution >= 4 is 16.7 Å². The maximum absolute atomic E-state index is 12.4. The summed E-state index contributed by atoms with van der Waals surface area (Å²) in [5.41, 5.74) is 1.23. The van der Waals surface area contributed by atoms with Crippen LogP contribution in [-0.2, 0) is 17.8 Å². The van der Waals surface area contributed by atoms with E-state index in [-0.39, 0.29) is 31.3 Å². The third-order valence-corrected chi connectivity index (χ3v) is 6.16. The van der Waals surface area contributed by atoms with E-state index in [1.165, 1.54) is 16.3 Å². The molecule has 0 aliphatic carbocycles. The average Bonchev–Trinajstić information content (AvgIpc) is 3.41. The summed E-state index contributed by atoms with van der Waals surface area (Å²) >= 11 is 0. The molecule has 0 radical (unpaired) electrons. The van der Waals surface area contributed by atoms with Crippen LogP contribution in [0.15, 0.2) is 59.0 Å². The van der Waals surface area contributed by atoms with Crippen LogP contribution in [-0.4, -0.2) is 46.4 Å². The second-order valence-electron chi connectivity index (χ2n) is 8.46. The van der Waals surface area contributed by atoms with Gasteiger partial charge in [-0.3, -0.25) is 4.79 Å². The molecule has 32 heavy (non-hydrogen) atoms. The molecular formula is C26H31NO5. The van der Waals surface area contributed by atoms with E-state index in [2.05, 4.69) is 30.3 Å². The van der Waals surface area contributed by atoms with Crippen LogP contribution in [0.5, 0.6) is 5.95 Å². The number of likely N-dealkylation sites (tertiary alicyclic amines) is 1. The topological polar surface area (TPSA) is 83.1 Å². The van der Waals surface area contributed by atoms with E-state index in [0.29, 0.717) is 37.5 Å². The molecule has 1 amide bonds. The van der Waals surface area contributed by atoms with Gasteiger partial charge in [-0.25, -0.2) is 0 Å². The van der Waals surface area contributed by atoms with Crippen LogP contribution < -0.4 is 4.74 Å². The Kier molecular flexibility index (Phi) is 7.45. The van der Waals surface area contributed by atoms with Crippen LogP contribution in [0.25, 0.3) is 10.8 Å². The SMILES string of the molecule is O=C1CC[C@H](CCC(O)CCc2ccc3ccccc3c2)N1Cc1ccc(OCCO)o1. The molecule has 2 atom stereocenters. The van der Waals surface area contributed by atoms with Gasteiger partial charge >= 0.3 is 0 Å². The number of benzene rings is 2. The lowest BCUT2D eigenvalue weighted by Gasteiger charge is -2.25. The number of nitrogens with zero attached hydrogens (tertiary/aromatic N) is 1. The van der Waals surface area contributed by atoms with Crippen molar-refractivity contribution in [2.75, 3.05) is 13.2 Å². The quantitative estimate of drug-likeness (QED) is 0.473. The van der Waals surface area contributed by atoms with Crippen LogP contribution in [0.1, 0.15) is 43.4 Å². The fraction of sp³-hybridized carbons (Fsp3) is 0.423. The van der Waals surface area contributed by atoms with Crippen molar-refractivity contribution in [1.82, 2.24) is 4.90 Å². The summed E-state index contributed by atoms with van der Waals surface area (Å²) in [4.78, 5) is 14.2. The Morgan fingerprint density at radius 2 is 1.94 bits per heavy atom. The third-order valence-electron chi connectivity index (χ3n) is 6.16. The lowest BCUT2D eigenvalue weighted by atomic mass is 9.99. The molecule has 0 bridgehead atoms. The summed E-state index contributed by atoms with van der Waals surface area (Å²) in [6.45, 7) is 0.500. The molecule has 6 heteroatoms. The summed E-state index contributed by atoms with van der Waals surface area (Å²) in [7, 11) is 0. The first kappa shape index (κ1) is 22.4. The molecule has 170 valence electrons. The fourth-order valence-electron chi connectivity index (χ4n) is 4.40. The number of hydrogen-bond acceptors (Lipinski definition) is 5. The molecule has 0 saturated carbocycles. The Morgan fingerprint density at radius 3 is 2.78 bits per heavy atom. The number of carbonyl (C=O) groups is 1. The minimum atomic E-state index is -0.388. The van der Waals surface area contributed by atoms with Crippen molar-refractivity contribution in [3.8, 4) is 5.95 Å². The van der Waals surface area contributed by atoms with Gasteiger partial charge in [0.15, 0.2) is 0 Å². The maximum Gasteiger partial charge on any atom is 0.284 e. The van der Waals surface area contributed by atoms with E-state index in [1.807, 2.05) is 17.0 Å². The maximum atomic E-state index is 12.4. The van der Waals surface area contributed by atoms with Crippen molar-refractivity contribution in [3.63, 3.8) is 0 Å². The molecule has 2 aromatic carbocycles. The molecule has 2 N–H and O–H groups in total.